The van der Waals surface area contributed by atoms with E-state index in [1.165, 1.54) is 14.0 Å². The van der Waals surface area contributed by atoms with E-state index in [4.69, 9.17) is 33.2 Å². The fourth-order valence-electron chi connectivity index (χ4n) is 8.88. The average Bonchev–Trinajstić information content (AvgIpc) is 3.08. The number of methoxy groups -OCH3 is 1. The minimum absolute atomic E-state index is 0.100. The summed E-state index contributed by atoms with van der Waals surface area (Å²) in [5, 5.41) is 34.3. The van der Waals surface area contributed by atoms with Gasteiger partial charge in [0.2, 0.25) is 0 Å². The van der Waals surface area contributed by atoms with Crippen LogP contribution < -0.4 is 0 Å². The van der Waals surface area contributed by atoms with Crippen LogP contribution in [0.3, 0.4) is 0 Å². The van der Waals surface area contributed by atoms with E-state index >= 15 is 0 Å². The molecule has 0 spiro atoms. The normalized spacial score (nSPS) is 47.3. The van der Waals surface area contributed by atoms with Gasteiger partial charge in [-0.1, -0.05) is 20.8 Å². The molecular formula is C39H72N2O12. The summed E-state index contributed by atoms with van der Waals surface area (Å²) in [6, 6.07) is -0.353. The molecule has 53 heavy (non-hydrogen) atoms. The number of esters is 1. The lowest BCUT2D eigenvalue weighted by Gasteiger charge is -2.48. The van der Waals surface area contributed by atoms with Crippen molar-refractivity contribution >= 4 is 12.4 Å². The maximum absolute atomic E-state index is 14.3. The summed E-state index contributed by atoms with van der Waals surface area (Å²) < 4.78 is 44.2. The van der Waals surface area contributed by atoms with Crippen molar-refractivity contribution in [1.82, 2.24) is 9.80 Å². The van der Waals surface area contributed by atoms with Crippen molar-refractivity contribution in [3.63, 3.8) is 0 Å². The van der Waals surface area contributed by atoms with Gasteiger partial charge in [-0.2, -0.15) is 0 Å². The molecule has 3 aliphatic rings. The van der Waals surface area contributed by atoms with E-state index in [-0.39, 0.29) is 30.9 Å². The predicted molar refractivity (Wildman–Crippen MR) is 198 cm³/mol. The Morgan fingerprint density at radius 2 is 1.58 bits per heavy atom. The maximum atomic E-state index is 14.3. The first-order valence-corrected chi connectivity index (χ1v) is 19.5. The zero-order chi connectivity index (χ0) is 40.2. The standard InChI is InChI=1S/C39H72N2O12/c1-15-29-39(10,46)33(43)26(6)41(13)20-22(2)18-38(9,48-21-42)35(53-30-17-28(40(11)12)16-23(3)49-30)24(4)32(25(5)36(45)51-29)52-31-19-37(8,47-14)34(44)27(7)50-31/h21-35,43-44,46H,15-20H2,1-14H3/t22-,23-,24+,25-,26-,27+,28+,29-,30+,31+,32+,33-,34+,35-,37-,38-,39-/m1/s1. The number of rotatable bonds is 9. The summed E-state index contributed by atoms with van der Waals surface area (Å²) in [5.74, 6) is -2.38. The number of aliphatic hydroxyl groups excluding tert-OH is 2. The Morgan fingerprint density at radius 1 is 0.943 bits per heavy atom. The minimum Gasteiger partial charge on any atom is -0.459 e. The number of likely N-dealkylation sites (N-methyl/N-ethyl adjacent to an activating group) is 1. The lowest BCUT2D eigenvalue weighted by Crippen LogP contribution is -2.59. The van der Waals surface area contributed by atoms with Crippen molar-refractivity contribution in [1.29, 1.82) is 0 Å². The molecule has 310 valence electrons. The highest BCUT2D eigenvalue weighted by molar-refractivity contribution is 5.73. The first-order valence-electron chi connectivity index (χ1n) is 19.5. The molecular weight excluding hydrogens is 688 g/mol. The SMILES string of the molecule is CC[C@H]1OC(=O)[C@H](C)[C@@H](O[C@H]2C[C@@](C)(OC)[C@@H](O)[C@H](C)O2)[C@H](C)[C@@H](O[C@H]2C[C@@H](N(C)C)C[C@@H](C)O2)[C@](C)(OC=O)C[C@@H](C)CN(C)[C@H](C)[C@@H](O)[C@]1(C)O. The van der Waals surface area contributed by atoms with Crippen LogP contribution in [0.5, 0.6) is 0 Å². The summed E-state index contributed by atoms with van der Waals surface area (Å²) >= 11 is 0. The Kier molecular flexibility index (Phi) is 16.2. The van der Waals surface area contributed by atoms with Gasteiger partial charge in [-0.15, -0.1) is 0 Å². The zero-order valence-electron chi connectivity index (χ0n) is 34.8. The number of hydrogen-bond acceptors (Lipinski definition) is 14. The Labute approximate surface area is 318 Å². The fraction of sp³-hybridized carbons (Fsp3) is 0.949. The molecule has 0 aromatic rings. The molecule has 0 bridgehead atoms. The fourth-order valence-corrected chi connectivity index (χ4v) is 8.88. The number of aliphatic hydroxyl groups is 3. The van der Waals surface area contributed by atoms with Crippen LogP contribution in [0.25, 0.3) is 0 Å². The Balaban J connectivity index is 2.21. The number of hydrogen-bond donors (Lipinski definition) is 3. The van der Waals surface area contributed by atoms with Gasteiger partial charge >= 0.3 is 5.97 Å². The zero-order valence-corrected chi connectivity index (χ0v) is 34.8. The summed E-state index contributed by atoms with van der Waals surface area (Å²) in [6.07, 6.45) is -5.29. The van der Waals surface area contributed by atoms with E-state index in [0.717, 1.165) is 6.42 Å². The van der Waals surface area contributed by atoms with Gasteiger partial charge in [-0.05, 0) is 94.8 Å². The van der Waals surface area contributed by atoms with Gasteiger partial charge in [0, 0.05) is 44.5 Å². The van der Waals surface area contributed by atoms with Crippen molar-refractivity contribution in [2.24, 2.45) is 17.8 Å². The van der Waals surface area contributed by atoms with E-state index in [0.29, 0.717) is 25.9 Å². The summed E-state index contributed by atoms with van der Waals surface area (Å²) in [7, 11) is 7.43. The molecule has 0 aromatic heterocycles. The third kappa shape index (κ3) is 10.7. The summed E-state index contributed by atoms with van der Waals surface area (Å²) in [4.78, 5) is 30.8. The molecule has 3 N–H and O–H groups in total. The van der Waals surface area contributed by atoms with Gasteiger partial charge in [0.1, 0.15) is 35.6 Å². The molecule has 14 heteroatoms. The highest BCUT2D eigenvalue weighted by Gasteiger charge is 2.53. The van der Waals surface area contributed by atoms with Crippen molar-refractivity contribution in [2.75, 3.05) is 34.8 Å². The lowest BCUT2D eigenvalue weighted by molar-refractivity contribution is -0.308. The Bertz CT molecular complexity index is 1180. The molecule has 3 heterocycles. The molecule has 0 radical (unpaired) electrons. The average molecular weight is 761 g/mol. The predicted octanol–water partition coefficient (Wildman–Crippen LogP) is 3.11. The molecule has 3 saturated heterocycles. The minimum atomic E-state index is -1.79. The number of nitrogens with zero attached hydrogens (tertiary/aromatic N) is 2. The van der Waals surface area contributed by atoms with Crippen LogP contribution in [-0.2, 0) is 42.7 Å². The molecule has 0 amide bonds. The Hall–Kier alpha value is -1.46. The second kappa shape index (κ2) is 18.7. The van der Waals surface area contributed by atoms with Crippen LogP contribution >= 0.6 is 0 Å². The number of carbonyl (C=O) groups is 2. The van der Waals surface area contributed by atoms with Crippen LogP contribution in [0.1, 0.15) is 101 Å². The smallest absolute Gasteiger partial charge is 0.311 e. The second-order valence-electron chi connectivity index (χ2n) is 17.2. The monoisotopic (exact) mass is 761 g/mol. The number of cyclic esters (lactones) is 1. The molecule has 3 fully saturated rings. The van der Waals surface area contributed by atoms with Crippen LogP contribution in [0.15, 0.2) is 0 Å². The Morgan fingerprint density at radius 3 is 2.15 bits per heavy atom. The topological polar surface area (TPSA) is 166 Å². The van der Waals surface area contributed by atoms with Crippen LogP contribution in [0.4, 0.5) is 0 Å². The largest absolute Gasteiger partial charge is 0.459 e. The van der Waals surface area contributed by atoms with Crippen molar-refractivity contribution in [3.8, 4) is 0 Å². The molecule has 0 aliphatic carbocycles. The second-order valence-corrected chi connectivity index (χ2v) is 17.2. The van der Waals surface area contributed by atoms with Crippen molar-refractivity contribution < 1.29 is 58.1 Å². The van der Waals surface area contributed by atoms with Crippen LogP contribution in [0.2, 0.25) is 0 Å². The van der Waals surface area contributed by atoms with E-state index < -0.39 is 89.9 Å². The number of ether oxygens (including phenoxy) is 7. The molecule has 0 saturated carbocycles. The maximum Gasteiger partial charge on any atom is 0.311 e. The third-order valence-corrected chi connectivity index (χ3v) is 12.4. The van der Waals surface area contributed by atoms with E-state index in [1.807, 2.05) is 60.7 Å². The van der Waals surface area contributed by atoms with Crippen LogP contribution in [-0.4, -0.2) is 157 Å². The number of carbonyl (C=O) groups excluding carboxylic acids is 2. The quantitative estimate of drug-likeness (QED) is 0.232. The van der Waals surface area contributed by atoms with Gasteiger partial charge in [0.25, 0.3) is 6.47 Å². The van der Waals surface area contributed by atoms with Gasteiger partial charge < -0.3 is 58.3 Å². The molecule has 0 aromatic carbocycles. The van der Waals surface area contributed by atoms with Gasteiger partial charge in [-0.3, -0.25) is 9.59 Å². The van der Waals surface area contributed by atoms with E-state index in [1.54, 1.807) is 27.7 Å². The van der Waals surface area contributed by atoms with E-state index in [2.05, 4.69) is 4.90 Å². The third-order valence-electron chi connectivity index (χ3n) is 12.4. The van der Waals surface area contributed by atoms with Crippen LogP contribution in [0, 0.1) is 17.8 Å². The molecule has 14 nitrogen and oxygen atoms in total. The molecule has 0 unspecified atom stereocenters. The summed E-state index contributed by atoms with van der Waals surface area (Å²) in [6.45, 7) is 19.0. The highest BCUT2D eigenvalue weighted by atomic mass is 16.7. The first kappa shape index (κ1) is 45.9. The molecule has 3 rings (SSSR count). The van der Waals surface area contributed by atoms with Gasteiger partial charge in [0.15, 0.2) is 12.6 Å². The first-order chi connectivity index (χ1) is 24.5. The lowest BCUT2D eigenvalue weighted by atomic mass is 9.77. The van der Waals surface area contributed by atoms with Gasteiger partial charge in [-0.25, -0.2) is 0 Å². The van der Waals surface area contributed by atoms with E-state index in [9.17, 15) is 24.9 Å². The van der Waals surface area contributed by atoms with Crippen molar-refractivity contribution in [3.05, 3.63) is 0 Å². The van der Waals surface area contributed by atoms with Gasteiger partial charge in [0.05, 0.1) is 29.8 Å². The molecule has 17 atom stereocenters. The highest BCUT2D eigenvalue weighted by Crippen LogP contribution is 2.41. The molecule has 3 aliphatic heterocycles. The summed E-state index contributed by atoms with van der Waals surface area (Å²) in [5.41, 5.74) is -4.05. The van der Waals surface area contributed by atoms with Crippen molar-refractivity contribution in [2.45, 2.75) is 186 Å².